The van der Waals surface area contributed by atoms with Crippen LogP contribution in [0.5, 0.6) is 0 Å². The Morgan fingerprint density at radius 1 is 1.50 bits per heavy atom. The Balaban J connectivity index is 2.36. The molecule has 0 atom stereocenters. The Morgan fingerprint density at radius 2 is 2.38 bits per heavy atom. The lowest BCUT2D eigenvalue weighted by atomic mass is 10.2. The van der Waals surface area contributed by atoms with Crippen molar-refractivity contribution >= 4 is 11.7 Å². The molecule has 1 aromatic rings. The van der Waals surface area contributed by atoms with E-state index in [1.165, 1.54) is 7.11 Å². The Hall–Kier alpha value is -2.10. The second-order valence-corrected chi connectivity index (χ2v) is 3.28. The average Bonchev–Trinajstić information content (AvgIpc) is 2.39. The predicted octanol–water partition coefficient (Wildman–Crippen LogP) is 1.76. The largest absolute Gasteiger partial charge is 0.464 e. The molecular formula is C12H12N2O2. The van der Waals surface area contributed by atoms with Crippen LogP contribution in [0.15, 0.2) is 42.8 Å². The van der Waals surface area contributed by atoms with E-state index in [9.17, 15) is 4.79 Å². The van der Waals surface area contributed by atoms with Crippen LogP contribution in [0.3, 0.4) is 0 Å². The van der Waals surface area contributed by atoms with Gasteiger partial charge in [-0.1, -0.05) is 12.2 Å². The van der Waals surface area contributed by atoms with Gasteiger partial charge >= 0.3 is 5.97 Å². The first-order valence-corrected chi connectivity index (χ1v) is 4.96. The maximum Gasteiger partial charge on any atom is 0.358 e. The standard InChI is InChI=1S/C12H12N2O2/c1-16-12(15)11-10(6-5-7-13-11)14-8-3-2-4-9-14/h2-8H,9H2,1H3. The third-order valence-corrected chi connectivity index (χ3v) is 2.29. The highest BCUT2D eigenvalue weighted by Crippen LogP contribution is 2.20. The fourth-order valence-electron chi connectivity index (χ4n) is 1.53. The third-order valence-electron chi connectivity index (χ3n) is 2.29. The predicted molar refractivity (Wildman–Crippen MR) is 61.2 cm³/mol. The van der Waals surface area contributed by atoms with Gasteiger partial charge in [0.25, 0.3) is 0 Å². The van der Waals surface area contributed by atoms with Crippen LogP contribution < -0.4 is 4.90 Å². The summed E-state index contributed by atoms with van der Waals surface area (Å²) in [6.45, 7) is 0.728. The van der Waals surface area contributed by atoms with E-state index in [0.29, 0.717) is 5.69 Å². The Morgan fingerprint density at radius 3 is 3.06 bits per heavy atom. The second kappa shape index (κ2) is 4.61. The normalized spacial score (nSPS) is 13.9. The van der Waals surface area contributed by atoms with Crippen LogP contribution in [0.25, 0.3) is 0 Å². The third kappa shape index (κ3) is 1.95. The van der Waals surface area contributed by atoms with E-state index in [0.717, 1.165) is 12.2 Å². The zero-order valence-electron chi connectivity index (χ0n) is 8.96. The number of aromatic nitrogens is 1. The van der Waals surface area contributed by atoms with E-state index >= 15 is 0 Å². The van der Waals surface area contributed by atoms with Crippen molar-refractivity contribution in [3.05, 3.63) is 48.5 Å². The van der Waals surface area contributed by atoms with Crippen LogP contribution >= 0.6 is 0 Å². The first-order chi connectivity index (χ1) is 7.83. The van der Waals surface area contributed by atoms with Crippen LogP contribution in [-0.4, -0.2) is 24.6 Å². The van der Waals surface area contributed by atoms with Gasteiger partial charge in [0.15, 0.2) is 5.69 Å². The van der Waals surface area contributed by atoms with E-state index in [1.807, 2.05) is 35.4 Å². The summed E-state index contributed by atoms with van der Waals surface area (Å²) in [6.07, 6.45) is 9.37. The molecule has 1 aliphatic rings. The molecule has 0 amide bonds. The highest BCUT2D eigenvalue weighted by molar-refractivity contribution is 5.93. The summed E-state index contributed by atoms with van der Waals surface area (Å²) < 4.78 is 4.70. The monoisotopic (exact) mass is 216 g/mol. The number of hydrogen-bond donors (Lipinski definition) is 0. The lowest BCUT2D eigenvalue weighted by Gasteiger charge is -2.21. The summed E-state index contributed by atoms with van der Waals surface area (Å²) in [5.74, 6) is -0.418. The molecule has 0 N–H and O–H groups in total. The number of esters is 1. The number of rotatable bonds is 2. The number of anilines is 1. The van der Waals surface area contributed by atoms with Gasteiger partial charge in [0.05, 0.1) is 12.8 Å². The van der Waals surface area contributed by atoms with Gasteiger partial charge in [-0.05, 0) is 18.2 Å². The molecule has 4 nitrogen and oxygen atoms in total. The molecule has 0 spiro atoms. The zero-order valence-corrected chi connectivity index (χ0v) is 8.96. The smallest absolute Gasteiger partial charge is 0.358 e. The van der Waals surface area contributed by atoms with Crippen molar-refractivity contribution in [1.82, 2.24) is 4.98 Å². The summed E-state index contributed by atoms with van der Waals surface area (Å²) in [7, 11) is 1.35. The molecule has 0 radical (unpaired) electrons. The van der Waals surface area contributed by atoms with E-state index in [-0.39, 0.29) is 0 Å². The molecule has 4 heteroatoms. The number of ether oxygens (including phenoxy) is 1. The highest BCUT2D eigenvalue weighted by atomic mass is 16.5. The van der Waals surface area contributed by atoms with Crippen molar-refractivity contribution < 1.29 is 9.53 Å². The maximum atomic E-state index is 11.5. The molecule has 0 fully saturated rings. The number of pyridine rings is 1. The molecule has 82 valence electrons. The van der Waals surface area contributed by atoms with Gasteiger partial charge in [0.2, 0.25) is 0 Å². The minimum Gasteiger partial charge on any atom is -0.464 e. The van der Waals surface area contributed by atoms with Crippen molar-refractivity contribution in [2.75, 3.05) is 18.6 Å². The molecular weight excluding hydrogens is 204 g/mol. The topological polar surface area (TPSA) is 42.4 Å². The first-order valence-electron chi connectivity index (χ1n) is 4.96. The fourth-order valence-corrected chi connectivity index (χ4v) is 1.53. The van der Waals surface area contributed by atoms with Gasteiger partial charge in [0, 0.05) is 18.9 Å². The molecule has 0 saturated heterocycles. The fraction of sp³-hybridized carbons (Fsp3) is 0.167. The van der Waals surface area contributed by atoms with E-state index in [4.69, 9.17) is 4.74 Å². The van der Waals surface area contributed by atoms with Gasteiger partial charge < -0.3 is 9.64 Å². The molecule has 0 aliphatic carbocycles. The number of methoxy groups -OCH3 is 1. The summed E-state index contributed by atoms with van der Waals surface area (Å²) in [6, 6.07) is 3.65. The molecule has 16 heavy (non-hydrogen) atoms. The maximum absolute atomic E-state index is 11.5. The average molecular weight is 216 g/mol. The molecule has 0 aromatic carbocycles. The van der Waals surface area contributed by atoms with Crippen LogP contribution in [0.4, 0.5) is 5.69 Å². The SMILES string of the molecule is COC(=O)c1ncccc1N1C=CC=CC1. The van der Waals surface area contributed by atoms with Gasteiger partial charge in [-0.2, -0.15) is 0 Å². The van der Waals surface area contributed by atoms with Crippen molar-refractivity contribution in [2.24, 2.45) is 0 Å². The van der Waals surface area contributed by atoms with Crippen molar-refractivity contribution in [3.63, 3.8) is 0 Å². The second-order valence-electron chi connectivity index (χ2n) is 3.28. The van der Waals surface area contributed by atoms with E-state index < -0.39 is 5.97 Å². The summed E-state index contributed by atoms with van der Waals surface area (Å²) in [4.78, 5) is 17.5. The molecule has 1 aromatic heterocycles. The van der Waals surface area contributed by atoms with E-state index in [2.05, 4.69) is 4.98 Å². The summed E-state index contributed by atoms with van der Waals surface area (Å²) >= 11 is 0. The van der Waals surface area contributed by atoms with Gasteiger partial charge in [-0.25, -0.2) is 9.78 Å². The summed E-state index contributed by atoms with van der Waals surface area (Å²) in [5.41, 5.74) is 1.10. The first kappa shape index (κ1) is 10.4. The molecule has 0 saturated carbocycles. The number of nitrogens with zero attached hydrogens (tertiary/aromatic N) is 2. The Kier molecular flexibility index (Phi) is 3.00. The van der Waals surface area contributed by atoms with Crippen molar-refractivity contribution in [2.45, 2.75) is 0 Å². The van der Waals surface area contributed by atoms with Gasteiger partial charge in [0.1, 0.15) is 0 Å². The number of allylic oxidation sites excluding steroid dienone is 2. The molecule has 2 rings (SSSR count). The number of carbonyl (C=O) groups is 1. The van der Waals surface area contributed by atoms with Crippen molar-refractivity contribution in [1.29, 1.82) is 0 Å². The Bertz CT molecular complexity index is 452. The van der Waals surface area contributed by atoms with Crippen LogP contribution in [0, 0.1) is 0 Å². The minimum absolute atomic E-state index is 0.338. The van der Waals surface area contributed by atoms with Gasteiger partial charge in [-0.15, -0.1) is 0 Å². The lowest BCUT2D eigenvalue weighted by molar-refractivity contribution is 0.0595. The molecule has 2 heterocycles. The number of hydrogen-bond acceptors (Lipinski definition) is 4. The Labute approximate surface area is 93.9 Å². The quantitative estimate of drug-likeness (QED) is 0.706. The summed E-state index contributed by atoms with van der Waals surface area (Å²) in [5, 5.41) is 0. The molecule has 1 aliphatic heterocycles. The molecule has 0 unspecified atom stereocenters. The highest BCUT2D eigenvalue weighted by Gasteiger charge is 2.16. The lowest BCUT2D eigenvalue weighted by Crippen LogP contribution is -2.21. The van der Waals surface area contributed by atoms with Crippen LogP contribution in [-0.2, 0) is 4.74 Å². The molecule has 0 bridgehead atoms. The minimum atomic E-state index is -0.418. The zero-order chi connectivity index (χ0) is 11.4. The number of carbonyl (C=O) groups excluding carboxylic acids is 1. The van der Waals surface area contributed by atoms with Crippen molar-refractivity contribution in [3.8, 4) is 0 Å². The van der Waals surface area contributed by atoms with Crippen LogP contribution in [0.2, 0.25) is 0 Å². The van der Waals surface area contributed by atoms with Crippen LogP contribution in [0.1, 0.15) is 10.5 Å². The van der Waals surface area contributed by atoms with Gasteiger partial charge in [-0.3, -0.25) is 0 Å². The van der Waals surface area contributed by atoms with E-state index in [1.54, 1.807) is 12.3 Å².